The normalized spacial score (nSPS) is 11.7. The van der Waals surface area contributed by atoms with Gasteiger partial charge >= 0.3 is 0 Å². The molecule has 0 bridgehead atoms. The van der Waals surface area contributed by atoms with Crippen LogP contribution in [0.15, 0.2) is 121 Å². The summed E-state index contributed by atoms with van der Waals surface area (Å²) in [5.41, 5.74) is 6.75. The Morgan fingerprint density at radius 2 is 0.861 bits per heavy atom. The van der Waals surface area contributed by atoms with Gasteiger partial charge in [0.1, 0.15) is 0 Å². The Kier molecular flexibility index (Phi) is 6.99. The first-order valence-corrected chi connectivity index (χ1v) is 12.4. The molecule has 0 aromatic heterocycles. The van der Waals surface area contributed by atoms with E-state index in [2.05, 4.69) is 107 Å². The molecule has 4 aromatic rings. The van der Waals surface area contributed by atoms with Crippen molar-refractivity contribution in [3.63, 3.8) is 0 Å². The van der Waals surface area contributed by atoms with Crippen LogP contribution in [-0.2, 0) is 15.6 Å². The number of anilines is 2. The van der Waals surface area contributed by atoms with E-state index >= 15 is 0 Å². The molecule has 182 valence electrons. The highest BCUT2D eigenvalue weighted by Gasteiger charge is 2.26. The van der Waals surface area contributed by atoms with E-state index in [4.69, 9.17) is 0 Å². The van der Waals surface area contributed by atoms with Crippen molar-refractivity contribution in [3.05, 3.63) is 144 Å². The largest absolute Gasteiger partial charge is 0.277 e. The van der Waals surface area contributed by atoms with Gasteiger partial charge in [0.2, 0.25) is 0 Å². The predicted molar refractivity (Wildman–Crippen MR) is 152 cm³/mol. The molecule has 4 aromatic carbocycles. The average molecular weight is 474 g/mol. The molecular weight excluding hydrogens is 438 g/mol. The number of rotatable bonds is 7. The molecule has 4 rings (SSSR count). The van der Waals surface area contributed by atoms with Crippen molar-refractivity contribution in [3.8, 4) is 0 Å². The summed E-state index contributed by atoms with van der Waals surface area (Å²) in [5, 5.41) is 0. The summed E-state index contributed by atoms with van der Waals surface area (Å²) < 4.78 is 0. The Labute approximate surface area is 215 Å². The fourth-order valence-corrected chi connectivity index (χ4v) is 4.67. The number of hydrogen-bond donors (Lipinski definition) is 0. The smallest absolute Gasteiger partial charge is 0.257 e. The summed E-state index contributed by atoms with van der Waals surface area (Å²) >= 11 is 0. The molecule has 0 N–H and O–H groups in total. The first-order valence-electron chi connectivity index (χ1n) is 12.4. The van der Waals surface area contributed by atoms with Crippen LogP contribution < -0.4 is 4.90 Å². The molecule has 0 saturated carbocycles. The molecule has 0 radical (unpaired) electrons. The Bertz CT molecular complexity index is 1240. The monoisotopic (exact) mass is 473 g/mol. The van der Waals surface area contributed by atoms with Gasteiger partial charge in [0.25, 0.3) is 5.91 Å². The summed E-state index contributed by atoms with van der Waals surface area (Å²) in [7, 11) is 0. The SMILES string of the molecule is C=C(C)C(=O)N(c1ccc(C(C)(C)c2ccccc2)cc1)c1ccc(C(C)(C)c2ccccc2)cc1. The predicted octanol–water partition coefficient (Wildman–Crippen LogP) is 8.58. The van der Waals surface area contributed by atoms with Crippen LogP contribution in [0.2, 0.25) is 0 Å². The lowest BCUT2D eigenvalue weighted by Crippen LogP contribution is -2.27. The third-order valence-corrected chi connectivity index (χ3v) is 7.25. The van der Waals surface area contributed by atoms with Gasteiger partial charge in [-0.05, 0) is 53.4 Å². The summed E-state index contributed by atoms with van der Waals surface area (Å²) in [6.07, 6.45) is 0. The van der Waals surface area contributed by atoms with Crippen molar-refractivity contribution in [1.82, 2.24) is 0 Å². The van der Waals surface area contributed by atoms with Gasteiger partial charge in [-0.15, -0.1) is 0 Å². The first-order chi connectivity index (χ1) is 17.1. The van der Waals surface area contributed by atoms with Crippen LogP contribution in [0.25, 0.3) is 0 Å². The number of nitrogens with zero attached hydrogens (tertiary/aromatic N) is 1. The molecule has 0 aliphatic carbocycles. The van der Waals surface area contributed by atoms with Crippen LogP contribution in [0.5, 0.6) is 0 Å². The minimum Gasteiger partial charge on any atom is -0.277 e. The molecule has 0 unspecified atom stereocenters. The Morgan fingerprint density at radius 3 is 1.17 bits per heavy atom. The molecule has 0 aliphatic rings. The van der Waals surface area contributed by atoms with E-state index in [1.54, 1.807) is 11.8 Å². The number of hydrogen-bond acceptors (Lipinski definition) is 1. The van der Waals surface area contributed by atoms with Crippen LogP contribution in [0.4, 0.5) is 11.4 Å². The second-order valence-electron chi connectivity index (χ2n) is 10.5. The summed E-state index contributed by atoms with van der Waals surface area (Å²) in [6.45, 7) is 14.6. The molecular formula is C34H35NO. The van der Waals surface area contributed by atoms with Gasteiger partial charge in [0, 0.05) is 27.8 Å². The molecule has 2 heteroatoms. The average Bonchev–Trinajstić information content (AvgIpc) is 2.90. The van der Waals surface area contributed by atoms with E-state index in [0.717, 1.165) is 11.4 Å². The van der Waals surface area contributed by atoms with Gasteiger partial charge in [-0.3, -0.25) is 9.69 Å². The van der Waals surface area contributed by atoms with E-state index in [-0.39, 0.29) is 16.7 Å². The lowest BCUT2D eigenvalue weighted by Gasteiger charge is -2.29. The van der Waals surface area contributed by atoms with E-state index in [1.165, 1.54) is 22.3 Å². The van der Waals surface area contributed by atoms with Crippen LogP contribution in [0.3, 0.4) is 0 Å². The van der Waals surface area contributed by atoms with Gasteiger partial charge in [-0.25, -0.2) is 0 Å². The summed E-state index contributed by atoms with van der Waals surface area (Å²) in [5.74, 6) is -0.111. The maximum Gasteiger partial charge on any atom is 0.257 e. The minimum absolute atomic E-state index is 0.111. The molecule has 0 saturated heterocycles. The van der Waals surface area contributed by atoms with Crippen LogP contribution >= 0.6 is 0 Å². The first kappa shape index (κ1) is 25.2. The summed E-state index contributed by atoms with van der Waals surface area (Å²) in [4.78, 5) is 15.0. The molecule has 2 nitrogen and oxygen atoms in total. The van der Waals surface area contributed by atoms with Crippen LogP contribution in [0, 0.1) is 0 Å². The van der Waals surface area contributed by atoms with E-state index < -0.39 is 0 Å². The van der Waals surface area contributed by atoms with Crippen molar-refractivity contribution >= 4 is 17.3 Å². The van der Waals surface area contributed by atoms with E-state index in [1.807, 2.05) is 36.4 Å². The second kappa shape index (κ2) is 9.99. The fourth-order valence-electron chi connectivity index (χ4n) is 4.67. The number of carbonyl (C=O) groups is 1. The van der Waals surface area contributed by atoms with E-state index in [0.29, 0.717) is 5.57 Å². The maximum atomic E-state index is 13.3. The highest BCUT2D eigenvalue weighted by Crippen LogP contribution is 2.36. The number of amides is 1. The molecule has 0 spiro atoms. The number of carbonyl (C=O) groups excluding carboxylic acids is 1. The Hall–Kier alpha value is -3.91. The third-order valence-electron chi connectivity index (χ3n) is 7.25. The second-order valence-corrected chi connectivity index (χ2v) is 10.5. The third kappa shape index (κ3) is 4.90. The Morgan fingerprint density at radius 1 is 0.556 bits per heavy atom. The maximum absolute atomic E-state index is 13.3. The quantitative estimate of drug-likeness (QED) is 0.246. The van der Waals surface area contributed by atoms with Gasteiger partial charge in [-0.2, -0.15) is 0 Å². The molecule has 0 heterocycles. The summed E-state index contributed by atoms with van der Waals surface area (Å²) in [6, 6.07) is 37.6. The van der Waals surface area contributed by atoms with Crippen molar-refractivity contribution in [2.24, 2.45) is 0 Å². The zero-order chi connectivity index (χ0) is 25.9. The van der Waals surface area contributed by atoms with E-state index in [9.17, 15) is 4.79 Å². The highest BCUT2D eigenvalue weighted by molar-refractivity contribution is 6.09. The number of benzene rings is 4. The van der Waals surface area contributed by atoms with Crippen molar-refractivity contribution in [1.29, 1.82) is 0 Å². The molecule has 0 atom stereocenters. The molecule has 0 aliphatic heterocycles. The highest BCUT2D eigenvalue weighted by atomic mass is 16.2. The topological polar surface area (TPSA) is 20.3 Å². The lowest BCUT2D eigenvalue weighted by molar-refractivity contribution is -0.114. The van der Waals surface area contributed by atoms with Crippen molar-refractivity contribution in [2.75, 3.05) is 4.90 Å². The standard InChI is InChI=1S/C34H35NO/c1-25(2)32(36)35(30-21-17-28(18-22-30)33(3,4)26-13-9-7-10-14-26)31-23-19-29(20-24-31)34(5,6)27-15-11-8-12-16-27/h7-24H,1H2,2-6H3. The van der Waals surface area contributed by atoms with Crippen molar-refractivity contribution in [2.45, 2.75) is 45.4 Å². The minimum atomic E-state index is -0.145. The van der Waals surface area contributed by atoms with Crippen LogP contribution in [0.1, 0.15) is 56.9 Å². The van der Waals surface area contributed by atoms with Crippen molar-refractivity contribution < 1.29 is 4.79 Å². The molecule has 36 heavy (non-hydrogen) atoms. The molecule has 0 fully saturated rings. The van der Waals surface area contributed by atoms with Crippen LogP contribution in [-0.4, -0.2) is 5.91 Å². The Balaban J connectivity index is 1.68. The zero-order valence-corrected chi connectivity index (χ0v) is 22.0. The van der Waals surface area contributed by atoms with Gasteiger partial charge in [-0.1, -0.05) is 119 Å². The van der Waals surface area contributed by atoms with Gasteiger partial charge < -0.3 is 0 Å². The van der Waals surface area contributed by atoms with Gasteiger partial charge in [0.15, 0.2) is 0 Å². The lowest BCUT2D eigenvalue weighted by atomic mass is 9.78. The zero-order valence-electron chi connectivity index (χ0n) is 22.0. The van der Waals surface area contributed by atoms with Gasteiger partial charge in [0.05, 0.1) is 0 Å². The molecule has 1 amide bonds. The fraction of sp³-hybridized carbons (Fsp3) is 0.206.